The number of carbonyl (C=O) groups is 1. The van der Waals surface area contributed by atoms with Crippen molar-refractivity contribution in [2.75, 3.05) is 0 Å². The number of hydrogen-bond acceptors (Lipinski definition) is 2. The van der Waals surface area contributed by atoms with Crippen LogP contribution in [0.25, 0.3) is 21.5 Å². The Bertz CT molecular complexity index is 1020. The van der Waals surface area contributed by atoms with Gasteiger partial charge < -0.3 is 0 Å². The van der Waals surface area contributed by atoms with Gasteiger partial charge in [0.25, 0.3) is 0 Å². The van der Waals surface area contributed by atoms with Crippen LogP contribution in [0.3, 0.4) is 0 Å². The standard InChI is InChI=1S/C18H16.C5H4OS/c1-3-7-15-13(5-1)9-11-18-16-8-4-2-6-14(16)10-12-17(15)18;6-3-5-1-2-7-4-5/h1,3,5,7,9-12H,2,4,6,8H2;1-4H. The van der Waals surface area contributed by atoms with Crippen LogP contribution >= 0.6 is 11.3 Å². The Morgan fingerprint density at radius 3 is 2.44 bits per heavy atom. The second kappa shape index (κ2) is 7.20. The molecular weight excluding hydrogens is 324 g/mol. The number of aryl methyl sites for hydroxylation is 2. The van der Waals surface area contributed by atoms with Gasteiger partial charge in [-0.25, -0.2) is 0 Å². The average Bonchev–Trinajstić information content (AvgIpc) is 3.22. The summed E-state index contributed by atoms with van der Waals surface area (Å²) in [6.07, 6.45) is 6.06. The zero-order valence-electron chi connectivity index (χ0n) is 14.1. The minimum Gasteiger partial charge on any atom is -0.298 e. The molecule has 1 nitrogen and oxygen atoms in total. The van der Waals surface area contributed by atoms with Crippen molar-refractivity contribution in [3.8, 4) is 0 Å². The highest BCUT2D eigenvalue weighted by Gasteiger charge is 2.13. The van der Waals surface area contributed by atoms with E-state index in [1.165, 1.54) is 58.6 Å². The highest BCUT2D eigenvalue weighted by molar-refractivity contribution is 7.08. The van der Waals surface area contributed by atoms with Crippen molar-refractivity contribution in [3.05, 3.63) is 82.0 Å². The van der Waals surface area contributed by atoms with Crippen LogP contribution in [-0.4, -0.2) is 6.29 Å². The molecule has 0 unspecified atom stereocenters. The Morgan fingerprint density at radius 2 is 1.64 bits per heavy atom. The van der Waals surface area contributed by atoms with Crippen LogP contribution in [-0.2, 0) is 12.8 Å². The summed E-state index contributed by atoms with van der Waals surface area (Å²) in [7, 11) is 0. The zero-order chi connectivity index (χ0) is 17.1. The molecule has 4 aromatic rings. The first-order valence-electron chi connectivity index (χ1n) is 8.76. The first-order chi connectivity index (χ1) is 12.4. The molecule has 0 saturated carbocycles. The Kier molecular flexibility index (Phi) is 4.62. The normalized spacial score (nSPS) is 13.1. The van der Waals surface area contributed by atoms with Crippen LogP contribution in [0.2, 0.25) is 0 Å². The molecule has 0 N–H and O–H groups in total. The first kappa shape index (κ1) is 16.0. The smallest absolute Gasteiger partial charge is 0.150 e. The molecule has 3 aromatic carbocycles. The van der Waals surface area contributed by atoms with Crippen molar-refractivity contribution < 1.29 is 4.79 Å². The molecule has 0 aliphatic heterocycles. The number of carbonyl (C=O) groups excluding carboxylic acids is 1. The summed E-state index contributed by atoms with van der Waals surface area (Å²) in [5, 5.41) is 9.33. The lowest BCUT2D eigenvalue weighted by atomic mass is 9.86. The summed E-state index contributed by atoms with van der Waals surface area (Å²) in [4.78, 5) is 9.87. The second-order valence-electron chi connectivity index (χ2n) is 6.47. The maximum Gasteiger partial charge on any atom is 0.150 e. The lowest BCUT2D eigenvalue weighted by Gasteiger charge is -2.18. The van der Waals surface area contributed by atoms with Crippen molar-refractivity contribution >= 4 is 39.2 Å². The van der Waals surface area contributed by atoms with Crippen molar-refractivity contribution in [2.24, 2.45) is 0 Å². The van der Waals surface area contributed by atoms with Crippen molar-refractivity contribution in [1.82, 2.24) is 0 Å². The van der Waals surface area contributed by atoms with E-state index >= 15 is 0 Å². The minimum absolute atomic E-state index is 0.769. The van der Waals surface area contributed by atoms with Gasteiger partial charge in [0, 0.05) is 10.9 Å². The fourth-order valence-electron chi connectivity index (χ4n) is 3.68. The Labute approximate surface area is 151 Å². The zero-order valence-corrected chi connectivity index (χ0v) is 14.9. The maximum atomic E-state index is 9.87. The number of benzene rings is 3. The predicted molar refractivity (Wildman–Crippen MR) is 108 cm³/mol. The van der Waals surface area contributed by atoms with E-state index in [4.69, 9.17) is 0 Å². The number of hydrogen-bond donors (Lipinski definition) is 0. The maximum absolute atomic E-state index is 9.87. The molecule has 0 fully saturated rings. The van der Waals surface area contributed by atoms with Crippen LogP contribution in [0.15, 0.2) is 65.4 Å². The highest BCUT2D eigenvalue weighted by atomic mass is 32.1. The molecule has 5 rings (SSSR count). The minimum atomic E-state index is 0.769. The molecule has 2 heteroatoms. The molecule has 0 radical (unpaired) electrons. The van der Waals surface area contributed by atoms with Crippen molar-refractivity contribution in [3.63, 3.8) is 0 Å². The number of rotatable bonds is 1. The van der Waals surface area contributed by atoms with E-state index < -0.39 is 0 Å². The molecule has 0 atom stereocenters. The monoisotopic (exact) mass is 344 g/mol. The average molecular weight is 344 g/mol. The number of thiophene rings is 1. The van der Waals surface area contributed by atoms with Crippen LogP contribution in [0, 0.1) is 0 Å². The van der Waals surface area contributed by atoms with Crippen LogP contribution in [0.1, 0.15) is 34.3 Å². The summed E-state index contributed by atoms with van der Waals surface area (Å²) in [5.74, 6) is 0. The molecular formula is C23H20OS. The van der Waals surface area contributed by atoms with Gasteiger partial charge in [-0.05, 0) is 69.8 Å². The van der Waals surface area contributed by atoms with E-state index in [9.17, 15) is 4.79 Å². The summed E-state index contributed by atoms with van der Waals surface area (Å²) in [6, 6.07) is 19.8. The Morgan fingerprint density at radius 1 is 0.800 bits per heavy atom. The van der Waals surface area contributed by atoms with Gasteiger partial charge in [0.15, 0.2) is 6.29 Å². The van der Waals surface area contributed by atoms with Crippen molar-refractivity contribution in [2.45, 2.75) is 25.7 Å². The summed E-state index contributed by atoms with van der Waals surface area (Å²) in [6.45, 7) is 0. The molecule has 25 heavy (non-hydrogen) atoms. The Balaban J connectivity index is 0.000000190. The highest BCUT2D eigenvalue weighted by Crippen LogP contribution is 2.33. The molecule has 1 heterocycles. The largest absolute Gasteiger partial charge is 0.298 e. The second-order valence-corrected chi connectivity index (χ2v) is 7.25. The SMILES string of the molecule is O=Cc1ccsc1.c1ccc2c(c1)ccc1c3c(ccc12)CCCC3. The topological polar surface area (TPSA) is 17.1 Å². The van der Waals surface area contributed by atoms with Gasteiger partial charge in [-0.1, -0.05) is 48.5 Å². The van der Waals surface area contributed by atoms with E-state index in [1.807, 2.05) is 10.8 Å². The molecule has 1 aliphatic rings. The molecule has 1 aliphatic carbocycles. The van der Waals surface area contributed by atoms with Gasteiger partial charge in [0.05, 0.1) is 0 Å². The van der Waals surface area contributed by atoms with Gasteiger partial charge >= 0.3 is 0 Å². The molecule has 0 bridgehead atoms. The third-order valence-corrected chi connectivity index (χ3v) is 5.64. The van der Waals surface area contributed by atoms with Gasteiger partial charge in [0.2, 0.25) is 0 Å². The van der Waals surface area contributed by atoms with Gasteiger partial charge in [0.1, 0.15) is 0 Å². The predicted octanol–water partition coefficient (Wildman–Crippen LogP) is 6.43. The summed E-state index contributed by atoms with van der Waals surface area (Å²) < 4.78 is 0. The number of fused-ring (bicyclic) bond motifs is 5. The molecule has 1 aromatic heterocycles. The summed E-state index contributed by atoms with van der Waals surface area (Å²) >= 11 is 1.53. The van der Waals surface area contributed by atoms with Gasteiger partial charge in [-0.15, -0.1) is 0 Å². The third-order valence-electron chi connectivity index (χ3n) is 4.94. The fraction of sp³-hybridized carbons (Fsp3) is 0.174. The molecule has 0 saturated heterocycles. The third kappa shape index (κ3) is 3.22. The molecule has 0 amide bonds. The molecule has 0 spiro atoms. The van der Waals surface area contributed by atoms with E-state index in [2.05, 4.69) is 48.5 Å². The first-order valence-corrected chi connectivity index (χ1v) is 9.71. The number of aldehydes is 1. The molecule has 124 valence electrons. The van der Waals surface area contributed by atoms with Crippen LogP contribution in [0.5, 0.6) is 0 Å². The lowest BCUT2D eigenvalue weighted by Crippen LogP contribution is -2.02. The van der Waals surface area contributed by atoms with Gasteiger partial charge in [-0.3, -0.25) is 4.79 Å². The summed E-state index contributed by atoms with van der Waals surface area (Å²) in [5.41, 5.74) is 3.94. The van der Waals surface area contributed by atoms with Crippen LogP contribution in [0.4, 0.5) is 0 Å². The lowest BCUT2D eigenvalue weighted by molar-refractivity contribution is 0.112. The van der Waals surface area contributed by atoms with E-state index in [-0.39, 0.29) is 0 Å². The fourth-order valence-corrected chi connectivity index (χ4v) is 4.29. The van der Waals surface area contributed by atoms with Gasteiger partial charge in [-0.2, -0.15) is 11.3 Å². The van der Waals surface area contributed by atoms with E-state index in [1.54, 1.807) is 17.2 Å². The van der Waals surface area contributed by atoms with E-state index in [0.717, 1.165) is 11.8 Å². The van der Waals surface area contributed by atoms with E-state index in [0.29, 0.717) is 0 Å². The van der Waals surface area contributed by atoms with Crippen LogP contribution < -0.4 is 0 Å². The Hall–Kier alpha value is -2.45. The quantitative estimate of drug-likeness (QED) is 0.287. The van der Waals surface area contributed by atoms with Crippen molar-refractivity contribution in [1.29, 1.82) is 0 Å².